The Morgan fingerprint density at radius 1 is 0.879 bits per heavy atom. The summed E-state index contributed by atoms with van der Waals surface area (Å²) in [6.45, 7) is 4.72. The average Bonchev–Trinajstić information content (AvgIpc) is 2.85. The first-order valence-corrected chi connectivity index (χ1v) is 13.6. The number of amides is 1. The minimum Gasteiger partial charge on any atom is -0.343 e. The van der Waals surface area contributed by atoms with Crippen molar-refractivity contribution >= 4 is 15.9 Å². The molecule has 1 saturated carbocycles. The zero-order valence-electron chi connectivity index (χ0n) is 20.0. The molecule has 1 aliphatic carbocycles. The lowest BCUT2D eigenvalue weighted by Gasteiger charge is -2.38. The maximum absolute atomic E-state index is 13.2. The number of nitrogens with zero attached hydrogens (tertiary/aromatic N) is 2. The summed E-state index contributed by atoms with van der Waals surface area (Å²) in [5.74, 6) is 0.680. The van der Waals surface area contributed by atoms with Gasteiger partial charge in [0.2, 0.25) is 15.9 Å². The summed E-state index contributed by atoms with van der Waals surface area (Å²) >= 11 is 0. The fourth-order valence-electron chi connectivity index (χ4n) is 5.36. The molecule has 33 heavy (non-hydrogen) atoms. The first-order valence-electron chi connectivity index (χ1n) is 12.2. The SMILES string of the molecule is Cc1ccc(S(=O)(=O)N2CCC(C(=O)N(C)C3CCC(c4ccccc4)CC3)CC2)cc1C. The first kappa shape index (κ1) is 24.0. The molecular weight excluding hydrogens is 432 g/mol. The van der Waals surface area contributed by atoms with Gasteiger partial charge in [0.05, 0.1) is 4.90 Å². The third-order valence-corrected chi connectivity index (χ3v) is 9.68. The number of aryl methyl sites for hydroxylation is 2. The van der Waals surface area contributed by atoms with E-state index in [9.17, 15) is 13.2 Å². The van der Waals surface area contributed by atoms with Gasteiger partial charge in [-0.15, -0.1) is 0 Å². The molecule has 2 aliphatic rings. The Morgan fingerprint density at radius 2 is 1.52 bits per heavy atom. The predicted molar refractivity (Wildman–Crippen MR) is 132 cm³/mol. The molecule has 2 fully saturated rings. The molecule has 0 bridgehead atoms. The van der Waals surface area contributed by atoms with Crippen LogP contribution in [0, 0.1) is 19.8 Å². The van der Waals surface area contributed by atoms with E-state index in [1.54, 1.807) is 16.4 Å². The van der Waals surface area contributed by atoms with E-state index in [0.717, 1.165) is 36.8 Å². The smallest absolute Gasteiger partial charge is 0.243 e. The van der Waals surface area contributed by atoms with Crippen LogP contribution >= 0.6 is 0 Å². The fourth-order valence-corrected chi connectivity index (χ4v) is 6.91. The Kier molecular flexibility index (Phi) is 7.25. The number of sulfonamides is 1. The van der Waals surface area contributed by atoms with Gasteiger partial charge in [-0.3, -0.25) is 4.79 Å². The van der Waals surface area contributed by atoms with Gasteiger partial charge in [-0.1, -0.05) is 36.4 Å². The van der Waals surface area contributed by atoms with E-state index in [4.69, 9.17) is 0 Å². The number of hydrogen-bond acceptors (Lipinski definition) is 3. The van der Waals surface area contributed by atoms with Crippen molar-refractivity contribution < 1.29 is 13.2 Å². The molecule has 2 aromatic rings. The van der Waals surface area contributed by atoms with Crippen molar-refractivity contribution in [3.63, 3.8) is 0 Å². The predicted octanol–water partition coefficient (Wildman–Crippen LogP) is 4.89. The molecule has 4 rings (SSSR count). The molecule has 0 radical (unpaired) electrons. The molecule has 0 unspecified atom stereocenters. The summed E-state index contributed by atoms with van der Waals surface area (Å²) in [7, 11) is -1.58. The van der Waals surface area contributed by atoms with Crippen molar-refractivity contribution in [2.24, 2.45) is 5.92 Å². The maximum atomic E-state index is 13.2. The summed E-state index contributed by atoms with van der Waals surface area (Å²) in [5.41, 5.74) is 3.46. The zero-order valence-corrected chi connectivity index (χ0v) is 20.9. The lowest BCUT2D eigenvalue weighted by Crippen LogP contribution is -2.46. The van der Waals surface area contributed by atoms with Crippen molar-refractivity contribution in [1.82, 2.24) is 9.21 Å². The Bertz CT molecular complexity index is 1070. The van der Waals surface area contributed by atoms with Crippen LogP contribution in [-0.4, -0.2) is 49.7 Å². The van der Waals surface area contributed by atoms with Gasteiger partial charge >= 0.3 is 0 Å². The van der Waals surface area contributed by atoms with E-state index >= 15 is 0 Å². The highest BCUT2D eigenvalue weighted by molar-refractivity contribution is 7.89. The molecular formula is C27H36N2O3S. The number of rotatable bonds is 5. The highest BCUT2D eigenvalue weighted by atomic mass is 32.2. The molecule has 5 nitrogen and oxygen atoms in total. The van der Waals surface area contributed by atoms with E-state index in [-0.39, 0.29) is 17.9 Å². The average molecular weight is 469 g/mol. The highest BCUT2D eigenvalue weighted by Crippen LogP contribution is 2.35. The molecule has 6 heteroatoms. The van der Waals surface area contributed by atoms with Crippen LogP contribution in [0.25, 0.3) is 0 Å². The molecule has 0 N–H and O–H groups in total. The van der Waals surface area contributed by atoms with Gasteiger partial charge < -0.3 is 4.90 Å². The number of carbonyl (C=O) groups excluding carboxylic acids is 1. The number of benzene rings is 2. The van der Waals surface area contributed by atoms with Crippen LogP contribution in [-0.2, 0) is 14.8 Å². The highest BCUT2D eigenvalue weighted by Gasteiger charge is 2.35. The van der Waals surface area contributed by atoms with Crippen LogP contribution in [0.2, 0.25) is 0 Å². The van der Waals surface area contributed by atoms with Crippen LogP contribution < -0.4 is 0 Å². The molecule has 0 atom stereocenters. The van der Waals surface area contributed by atoms with Crippen molar-refractivity contribution in [1.29, 1.82) is 0 Å². The normalized spacial score (nSPS) is 22.8. The first-order chi connectivity index (χ1) is 15.8. The van der Waals surface area contributed by atoms with Gasteiger partial charge in [0.25, 0.3) is 0 Å². The quantitative estimate of drug-likeness (QED) is 0.628. The molecule has 1 aliphatic heterocycles. The third kappa shape index (κ3) is 5.17. The lowest BCUT2D eigenvalue weighted by molar-refractivity contribution is -0.138. The number of carbonyl (C=O) groups is 1. The minimum atomic E-state index is -3.52. The third-order valence-electron chi connectivity index (χ3n) is 7.78. The van der Waals surface area contributed by atoms with Crippen molar-refractivity contribution in [3.05, 3.63) is 65.2 Å². The van der Waals surface area contributed by atoms with Gasteiger partial charge in [0.1, 0.15) is 0 Å². The molecule has 1 amide bonds. The van der Waals surface area contributed by atoms with Crippen LogP contribution in [0.5, 0.6) is 0 Å². The van der Waals surface area contributed by atoms with Gasteiger partial charge in [-0.2, -0.15) is 4.31 Å². The van der Waals surface area contributed by atoms with E-state index in [1.165, 1.54) is 5.56 Å². The monoisotopic (exact) mass is 468 g/mol. The summed E-state index contributed by atoms with van der Waals surface area (Å²) in [6, 6.07) is 16.3. The van der Waals surface area contributed by atoms with Gasteiger partial charge in [0.15, 0.2) is 0 Å². The fraction of sp³-hybridized carbons (Fsp3) is 0.519. The molecule has 178 valence electrons. The van der Waals surface area contributed by atoms with Gasteiger partial charge in [-0.05, 0) is 87.1 Å². The zero-order chi connectivity index (χ0) is 23.6. The summed E-state index contributed by atoms with van der Waals surface area (Å²) < 4.78 is 27.7. The maximum Gasteiger partial charge on any atom is 0.243 e. The lowest BCUT2D eigenvalue weighted by atomic mass is 9.81. The Balaban J connectivity index is 1.31. The van der Waals surface area contributed by atoms with E-state index in [0.29, 0.717) is 36.7 Å². The van der Waals surface area contributed by atoms with Crippen LogP contribution in [0.3, 0.4) is 0 Å². The van der Waals surface area contributed by atoms with Crippen molar-refractivity contribution in [3.8, 4) is 0 Å². The van der Waals surface area contributed by atoms with Crippen molar-refractivity contribution in [2.45, 2.75) is 69.2 Å². The second kappa shape index (κ2) is 9.98. The molecule has 2 aromatic carbocycles. The summed E-state index contributed by atoms with van der Waals surface area (Å²) in [6.07, 6.45) is 5.46. The topological polar surface area (TPSA) is 57.7 Å². The molecule has 0 spiro atoms. The number of hydrogen-bond donors (Lipinski definition) is 0. The summed E-state index contributed by atoms with van der Waals surface area (Å²) in [5, 5.41) is 0. The Morgan fingerprint density at radius 3 is 2.12 bits per heavy atom. The van der Waals surface area contributed by atoms with E-state index in [1.807, 2.05) is 31.9 Å². The molecule has 1 heterocycles. The summed E-state index contributed by atoms with van der Waals surface area (Å²) in [4.78, 5) is 15.5. The van der Waals surface area contributed by atoms with Crippen LogP contribution in [0.15, 0.2) is 53.4 Å². The number of piperidine rings is 1. The van der Waals surface area contributed by atoms with Crippen molar-refractivity contribution in [2.75, 3.05) is 20.1 Å². The van der Waals surface area contributed by atoms with Gasteiger partial charge in [0, 0.05) is 32.1 Å². The Labute approximate surface area is 198 Å². The second-order valence-electron chi connectivity index (χ2n) is 9.79. The van der Waals surface area contributed by atoms with E-state index < -0.39 is 10.0 Å². The van der Waals surface area contributed by atoms with Crippen LogP contribution in [0.4, 0.5) is 0 Å². The van der Waals surface area contributed by atoms with Gasteiger partial charge in [-0.25, -0.2) is 8.42 Å². The Hall–Kier alpha value is -2.18. The van der Waals surface area contributed by atoms with E-state index in [2.05, 4.69) is 30.3 Å². The second-order valence-corrected chi connectivity index (χ2v) is 11.7. The molecule has 0 aromatic heterocycles. The van der Waals surface area contributed by atoms with Crippen LogP contribution in [0.1, 0.15) is 61.1 Å². The molecule has 1 saturated heterocycles. The largest absolute Gasteiger partial charge is 0.343 e. The minimum absolute atomic E-state index is 0.0898. The standard InChI is InChI=1S/C27H36N2O3S/c1-20-9-14-26(19-21(20)2)33(31,32)29-17-15-24(16-18-29)27(30)28(3)25-12-10-23(11-13-25)22-7-5-4-6-8-22/h4-9,14,19,23-25H,10-13,15-18H2,1-3H3.